The molecule has 0 bridgehead atoms. The van der Waals surface area contributed by atoms with Crippen molar-refractivity contribution < 1.29 is 5.11 Å². The third-order valence-electron chi connectivity index (χ3n) is 3.20. The molecule has 68 valence electrons. The maximum Gasteiger partial charge on any atom is 0.0503 e. The molecule has 2 aliphatic rings. The topological polar surface area (TPSA) is 32.3 Å². The van der Waals surface area contributed by atoms with Gasteiger partial charge in [-0.2, -0.15) is 0 Å². The fourth-order valence-electron chi connectivity index (χ4n) is 2.38. The van der Waals surface area contributed by atoms with Crippen LogP contribution in [-0.4, -0.2) is 18.3 Å². The molecule has 0 spiro atoms. The fraction of sp³-hybridized carbons (Fsp3) is 0.455. The summed E-state index contributed by atoms with van der Waals surface area (Å²) in [5.74, 6) is 0.405. The Morgan fingerprint density at radius 1 is 1.38 bits per heavy atom. The maximum absolute atomic E-state index is 9.06. The summed E-state index contributed by atoms with van der Waals surface area (Å²) in [6.07, 6.45) is 2.23. The van der Waals surface area contributed by atoms with E-state index in [9.17, 15) is 0 Å². The van der Waals surface area contributed by atoms with Crippen LogP contribution in [-0.2, 0) is 12.8 Å². The van der Waals surface area contributed by atoms with Gasteiger partial charge < -0.3 is 10.4 Å². The van der Waals surface area contributed by atoms with Crippen molar-refractivity contribution in [3.05, 3.63) is 28.8 Å². The van der Waals surface area contributed by atoms with E-state index in [4.69, 9.17) is 5.11 Å². The average Bonchev–Trinajstić information content (AvgIpc) is 2.55. The molecular formula is C11H13NO. The smallest absolute Gasteiger partial charge is 0.0503 e. The van der Waals surface area contributed by atoms with Crippen LogP contribution in [0, 0.1) is 0 Å². The predicted molar refractivity (Wildman–Crippen MR) is 52.2 cm³/mol. The second-order valence-corrected chi connectivity index (χ2v) is 3.97. The Morgan fingerprint density at radius 2 is 2.31 bits per heavy atom. The van der Waals surface area contributed by atoms with E-state index in [0.29, 0.717) is 12.5 Å². The average molecular weight is 175 g/mol. The van der Waals surface area contributed by atoms with Gasteiger partial charge in [0.1, 0.15) is 0 Å². The molecule has 1 aromatic carbocycles. The van der Waals surface area contributed by atoms with Crippen LogP contribution in [0.3, 0.4) is 0 Å². The van der Waals surface area contributed by atoms with Crippen molar-refractivity contribution in [1.82, 2.24) is 0 Å². The molecule has 0 saturated heterocycles. The highest BCUT2D eigenvalue weighted by molar-refractivity contribution is 5.62. The molecule has 2 heteroatoms. The van der Waals surface area contributed by atoms with Crippen molar-refractivity contribution in [3.63, 3.8) is 0 Å². The number of hydrogen-bond acceptors (Lipinski definition) is 2. The molecular weight excluding hydrogens is 162 g/mol. The Bertz CT molecular complexity index is 359. The molecule has 1 unspecified atom stereocenters. The number of aliphatic hydroxyl groups is 1. The van der Waals surface area contributed by atoms with Crippen LogP contribution in [0.4, 0.5) is 5.69 Å². The molecule has 0 saturated carbocycles. The largest absolute Gasteiger partial charge is 0.396 e. The molecule has 1 heterocycles. The number of hydrogen-bond donors (Lipinski definition) is 2. The predicted octanol–water partition coefficient (Wildman–Crippen LogP) is 1.29. The van der Waals surface area contributed by atoms with Crippen molar-refractivity contribution in [2.45, 2.75) is 18.8 Å². The summed E-state index contributed by atoms with van der Waals surface area (Å²) < 4.78 is 0. The summed E-state index contributed by atoms with van der Waals surface area (Å²) in [5.41, 5.74) is 5.55. The standard InChI is InChI=1S/C11H13NO/c13-6-9-4-8-3-7-1-2-12-11(7)5-10(8)9/h3,5,9,12-13H,1-2,4,6H2. The third-order valence-corrected chi connectivity index (χ3v) is 3.20. The highest BCUT2D eigenvalue weighted by atomic mass is 16.3. The van der Waals surface area contributed by atoms with Crippen LogP contribution in [0.2, 0.25) is 0 Å². The Labute approximate surface area is 77.6 Å². The number of aliphatic hydroxyl groups excluding tert-OH is 1. The van der Waals surface area contributed by atoms with Crippen molar-refractivity contribution in [1.29, 1.82) is 0 Å². The van der Waals surface area contributed by atoms with Gasteiger partial charge in [0.2, 0.25) is 0 Å². The highest BCUT2D eigenvalue weighted by Crippen LogP contribution is 2.39. The summed E-state index contributed by atoms with van der Waals surface area (Å²) in [6, 6.07) is 4.53. The van der Waals surface area contributed by atoms with Crippen molar-refractivity contribution in [2.24, 2.45) is 0 Å². The number of rotatable bonds is 1. The van der Waals surface area contributed by atoms with Crippen LogP contribution < -0.4 is 5.32 Å². The first-order valence-corrected chi connectivity index (χ1v) is 4.89. The van der Waals surface area contributed by atoms with Gasteiger partial charge in [-0.3, -0.25) is 0 Å². The van der Waals surface area contributed by atoms with Crippen molar-refractivity contribution in [2.75, 3.05) is 18.5 Å². The van der Waals surface area contributed by atoms with Gasteiger partial charge in [-0.05, 0) is 35.6 Å². The van der Waals surface area contributed by atoms with Gasteiger partial charge in [-0.1, -0.05) is 6.07 Å². The minimum absolute atomic E-state index is 0.297. The van der Waals surface area contributed by atoms with Gasteiger partial charge in [0.05, 0.1) is 6.61 Å². The molecule has 3 rings (SSSR count). The fourth-order valence-corrected chi connectivity index (χ4v) is 2.38. The molecule has 2 nitrogen and oxygen atoms in total. The zero-order valence-corrected chi connectivity index (χ0v) is 7.51. The van der Waals surface area contributed by atoms with Crippen LogP contribution in [0.5, 0.6) is 0 Å². The minimum Gasteiger partial charge on any atom is -0.396 e. The molecule has 0 radical (unpaired) electrons. The van der Waals surface area contributed by atoms with E-state index in [-0.39, 0.29) is 0 Å². The number of anilines is 1. The van der Waals surface area contributed by atoms with E-state index in [2.05, 4.69) is 17.4 Å². The maximum atomic E-state index is 9.06. The number of benzene rings is 1. The quantitative estimate of drug-likeness (QED) is 0.674. The SMILES string of the molecule is OCC1Cc2cc3c(cc21)NCC3. The van der Waals surface area contributed by atoms with Gasteiger partial charge >= 0.3 is 0 Å². The Hall–Kier alpha value is -1.02. The summed E-state index contributed by atoms with van der Waals surface area (Å²) in [7, 11) is 0. The van der Waals surface area contributed by atoms with E-state index >= 15 is 0 Å². The Morgan fingerprint density at radius 3 is 3.15 bits per heavy atom. The molecule has 1 aromatic rings. The van der Waals surface area contributed by atoms with Crippen LogP contribution in [0.1, 0.15) is 22.6 Å². The van der Waals surface area contributed by atoms with E-state index in [1.165, 1.54) is 22.4 Å². The molecule has 1 aliphatic heterocycles. The first-order chi connectivity index (χ1) is 6.38. The second-order valence-electron chi connectivity index (χ2n) is 3.97. The Kier molecular flexibility index (Phi) is 1.41. The van der Waals surface area contributed by atoms with Gasteiger partial charge in [-0.15, -0.1) is 0 Å². The lowest BCUT2D eigenvalue weighted by atomic mass is 9.77. The van der Waals surface area contributed by atoms with E-state index in [0.717, 1.165) is 19.4 Å². The zero-order valence-electron chi connectivity index (χ0n) is 7.51. The zero-order chi connectivity index (χ0) is 8.84. The number of fused-ring (bicyclic) bond motifs is 2. The normalized spacial score (nSPS) is 23.0. The van der Waals surface area contributed by atoms with E-state index in [1.807, 2.05) is 0 Å². The minimum atomic E-state index is 0.297. The lowest BCUT2D eigenvalue weighted by molar-refractivity contribution is 0.253. The lowest BCUT2D eigenvalue weighted by Gasteiger charge is -2.29. The number of nitrogens with one attached hydrogen (secondary N) is 1. The molecule has 1 aliphatic carbocycles. The van der Waals surface area contributed by atoms with Gasteiger partial charge in [0.15, 0.2) is 0 Å². The molecule has 1 atom stereocenters. The van der Waals surface area contributed by atoms with Crippen LogP contribution >= 0.6 is 0 Å². The monoisotopic (exact) mass is 175 g/mol. The summed E-state index contributed by atoms with van der Waals surface area (Å²) in [4.78, 5) is 0. The first kappa shape index (κ1) is 7.39. The van der Waals surface area contributed by atoms with Gasteiger partial charge in [0.25, 0.3) is 0 Å². The molecule has 0 amide bonds. The van der Waals surface area contributed by atoms with E-state index < -0.39 is 0 Å². The lowest BCUT2D eigenvalue weighted by Crippen LogP contribution is -2.20. The molecule has 0 aromatic heterocycles. The molecule has 13 heavy (non-hydrogen) atoms. The van der Waals surface area contributed by atoms with Crippen molar-refractivity contribution >= 4 is 5.69 Å². The highest BCUT2D eigenvalue weighted by Gasteiger charge is 2.27. The second kappa shape index (κ2) is 2.48. The molecule has 2 N–H and O–H groups in total. The summed E-state index contributed by atoms with van der Waals surface area (Å²) in [6.45, 7) is 1.37. The molecule has 0 fully saturated rings. The van der Waals surface area contributed by atoms with Gasteiger partial charge in [-0.25, -0.2) is 0 Å². The summed E-state index contributed by atoms with van der Waals surface area (Å²) >= 11 is 0. The van der Waals surface area contributed by atoms with Crippen molar-refractivity contribution in [3.8, 4) is 0 Å². The van der Waals surface area contributed by atoms with Crippen LogP contribution in [0.15, 0.2) is 12.1 Å². The third kappa shape index (κ3) is 0.923. The van der Waals surface area contributed by atoms with E-state index in [1.54, 1.807) is 0 Å². The summed E-state index contributed by atoms with van der Waals surface area (Å²) in [5, 5.41) is 12.4. The van der Waals surface area contributed by atoms with Gasteiger partial charge in [0, 0.05) is 18.2 Å². The van der Waals surface area contributed by atoms with Crippen LogP contribution in [0.25, 0.3) is 0 Å². The Balaban J connectivity index is 2.06. The first-order valence-electron chi connectivity index (χ1n) is 4.89.